The van der Waals surface area contributed by atoms with Crippen LogP contribution in [0.2, 0.25) is 5.02 Å². The van der Waals surface area contributed by atoms with Crippen molar-refractivity contribution in [1.82, 2.24) is 14.5 Å². The van der Waals surface area contributed by atoms with Crippen LogP contribution < -0.4 is 0 Å². The molecule has 0 aliphatic carbocycles. The normalized spacial score (nSPS) is 33.4. The number of aryl methyl sites for hydroxylation is 1. The van der Waals surface area contributed by atoms with E-state index >= 15 is 0 Å². The summed E-state index contributed by atoms with van der Waals surface area (Å²) in [5.74, 6) is -0.788. The third kappa shape index (κ3) is 3.08. The van der Waals surface area contributed by atoms with E-state index in [2.05, 4.69) is 9.97 Å². The highest BCUT2D eigenvalue weighted by molar-refractivity contribution is 6.30. The molecule has 168 valence electrons. The fraction of sp³-hybridized carbons (Fsp3) is 0.478. The predicted molar refractivity (Wildman–Crippen MR) is 114 cm³/mol. The summed E-state index contributed by atoms with van der Waals surface area (Å²) in [5, 5.41) is 1.44. The van der Waals surface area contributed by atoms with Gasteiger partial charge in [0, 0.05) is 16.6 Å². The van der Waals surface area contributed by atoms with Crippen molar-refractivity contribution >= 4 is 22.6 Å². The third-order valence-electron chi connectivity index (χ3n) is 6.46. The van der Waals surface area contributed by atoms with E-state index in [-0.39, 0.29) is 12.7 Å². The van der Waals surface area contributed by atoms with Gasteiger partial charge in [-0.05, 0) is 50.1 Å². The van der Waals surface area contributed by atoms with Gasteiger partial charge in [0.15, 0.2) is 12.0 Å². The maximum Gasteiger partial charge on any atom is 0.164 e. The number of benzene rings is 1. The first kappa shape index (κ1) is 20.5. The van der Waals surface area contributed by atoms with Crippen LogP contribution in [0.5, 0.6) is 0 Å². The average Bonchev–Trinajstić information content (AvgIpc) is 3.40. The molecule has 32 heavy (non-hydrogen) atoms. The molecule has 3 aromatic rings. The number of halogens is 2. The number of nitrogens with zero attached hydrogens (tertiary/aromatic N) is 3. The van der Waals surface area contributed by atoms with Crippen LogP contribution in [-0.2, 0) is 18.9 Å². The molecule has 2 aromatic heterocycles. The van der Waals surface area contributed by atoms with E-state index in [1.165, 1.54) is 0 Å². The van der Waals surface area contributed by atoms with Crippen molar-refractivity contribution in [2.75, 3.05) is 6.61 Å². The minimum absolute atomic E-state index is 0.0664. The Kier molecular flexibility index (Phi) is 4.61. The molecule has 0 radical (unpaired) electrons. The Morgan fingerprint density at radius 1 is 1.09 bits per heavy atom. The number of hydrogen-bond donors (Lipinski definition) is 0. The molecule has 2 fully saturated rings. The summed E-state index contributed by atoms with van der Waals surface area (Å²) >= 11 is 6.14. The van der Waals surface area contributed by atoms with Crippen LogP contribution in [0, 0.1) is 6.92 Å². The summed E-state index contributed by atoms with van der Waals surface area (Å²) < 4.78 is 41.6. The van der Waals surface area contributed by atoms with E-state index in [0.29, 0.717) is 10.6 Å². The highest BCUT2D eigenvalue weighted by Gasteiger charge is 2.59. The molecule has 6 atom stereocenters. The Bertz CT molecular complexity index is 1200. The van der Waals surface area contributed by atoms with Gasteiger partial charge in [-0.3, -0.25) is 0 Å². The van der Waals surface area contributed by atoms with Gasteiger partial charge in [0.25, 0.3) is 0 Å². The van der Waals surface area contributed by atoms with Crippen molar-refractivity contribution in [3.8, 4) is 0 Å². The van der Waals surface area contributed by atoms with Gasteiger partial charge in [0.1, 0.15) is 42.6 Å². The van der Waals surface area contributed by atoms with Crippen molar-refractivity contribution in [2.45, 2.75) is 63.4 Å². The van der Waals surface area contributed by atoms with Gasteiger partial charge in [0.2, 0.25) is 0 Å². The van der Waals surface area contributed by atoms with Crippen molar-refractivity contribution in [2.24, 2.45) is 0 Å². The summed E-state index contributed by atoms with van der Waals surface area (Å²) in [4.78, 5) is 8.75. The van der Waals surface area contributed by atoms with Gasteiger partial charge >= 0.3 is 0 Å². The number of rotatable bonds is 2. The zero-order chi connectivity index (χ0) is 22.2. The summed E-state index contributed by atoms with van der Waals surface area (Å²) in [5.41, 5.74) is 2.90. The zero-order valence-electron chi connectivity index (χ0n) is 17.9. The molecule has 0 bridgehead atoms. The van der Waals surface area contributed by atoms with Crippen LogP contribution in [0.3, 0.4) is 0 Å². The first-order valence-corrected chi connectivity index (χ1v) is 11.0. The molecular weight excluding hydrogens is 437 g/mol. The summed E-state index contributed by atoms with van der Waals surface area (Å²) in [7, 11) is 0. The Labute approximate surface area is 189 Å². The highest BCUT2D eigenvalue weighted by atomic mass is 35.5. The van der Waals surface area contributed by atoms with Crippen LogP contribution in [0.25, 0.3) is 11.0 Å². The molecule has 0 amide bonds. The maximum absolute atomic E-state index is 14.6. The predicted octanol–water partition coefficient (Wildman–Crippen LogP) is 4.59. The molecule has 5 heterocycles. The van der Waals surface area contributed by atoms with E-state index in [0.717, 1.165) is 22.3 Å². The Hall–Kier alpha value is -2.10. The molecule has 1 unspecified atom stereocenters. The van der Waals surface area contributed by atoms with Crippen LogP contribution >= 0.6 is 11.6 Å². The lowest BCUT2D eigenvalue weighted by Gasteiger charge is -2.34. The lowest BCUT2D eigenvalue weighted by Crippen LogP contribution is -2.37. The minimum atomic E-state index is -1.24. The molecular formula is C23H23ClFN3O4. The fourth-order valence-corrected chi connectivity index (χ4v) is 5.27. The van der Waals surface area contributed by atoms with Crippen molar-refractivity contribution in [3.63, 3.8) is 0 Å². The van der Waals surface area contributed by atoms with Crippen molar-refractivity contribution in [3.05, 3.63) is 58.6 Å². The number of ether oxygens (including phenoxy) is 4. The summed E-state index contributed by atoms with van der Waals surface area (Å²) in [6.07, 6.45) is -0.0534. The third-order valence-corrected chi connectivity index (χ3v) is 6.70. The number of fused-ring (bicyclic) bond motifs is 3. The lowest BCUT2D eigenvalue weighted by atomic mass is 9.91. The molecule has 3 aliphatic heterocycles. The largest absolute Gasteiger partial charge is 0.367 e. The Balaban J connectivity index is 1.42. The maximum atomic E-state index is 14.6. The fourth-order valence-electron chi connectivity index (χ4n) is 5.09. The Morgan fingerprint density at radius 3 is 2.75 bits per heavy atom. The van der Waals surface area contributed by atoms with E-state index in [1.807, 2.05) is 43.7 Å². The van der Waals surface area contributed by atoms with Crippen molar-refractivity contribution < 1.29 is 23.3 Å². The number of hydrogen-bond acceptors (Lipinski definition) is 6. The van der Waals surface area contributed by atoms with Gasteiger partial charge in [0.05, 0.1) is 12.3 Å². The second-order valence-corrected chi connectivity index (χ2v) is 9.41. The SMILES string of the molecule is Cc1ncnc2c1ccn2[C@@H]1OC([C@@H]2OC[C@H](F)c3cc(Cl)ccc32)[C@H]2OC(C)(C)O[C@H]21. The van der Waals surface area contributed by atoms with Crippen LogP contribution in [0.1, 0.15) is 49.2 Å². The minimum Gasteiger partial charge on any atom is -0.367 e. The van der Waals surface area contributed by atoms with E-state index in [9.17, 15) is 4.39 Å². The monoisotopic (exact) mass is 459 g/mol. The second kappa shape index (κ2) is 7.20. The standard InChI is InChI=1S/C23H23ClFN3O4/c1-11-13-6-7-28(21(13)27-10-26-11)22-20-19(31-23(2,3)32-20)18(30-22)17-14-5-4-12(24)8-15(14)16(25)9-29-17/h4-8,10,16-20,22H,9H2,1-3H3/t16-,17+,18?,19+,20+,22+/m0/s1. The number of aromatic nitrogens is 3. The van der Waals surface area contributed by atoms with Crippen molar-refractivity contribution in [1.29, 1.82) is 0 Å². The summed E-state index contributed by atoms with van der Waals surface area (Å²) in [6.45, 7) is 5.64. The first-order chi connectivity index (χ1) is 15.3. The van der Waals surface area contributed by atoms with Gasteiger partial charge in [-0.15, -0.1) is 0 Å². The van der Waals surface area contributed by atoms with E-state index in [4.69, 9.17) is 30.5 Å². The molecule has 0 N–H and O–H groups in total. The van der Waals surface area contributed by atoms with E-state index in [1.54, 1.807) is 18.5 Å². The molecule has 7 nitrogen and oxygen atoms in total. The zero-order valence-corrected chi connectivity index (χ0v) is 18.6. The van der Waals surface area contributed by atoms with Crippen LogP contribution in [-0.4, -0.2) is 45.2 Å². The van der Waals surface area contributed by atoms with Gasteiger partial charge in [-0.25, -0.2) is 14.4 Å². The molecule has 9 heteroatoms. The van der Waals surface area contributed by atoms with Gasteiger partial charge in [-0.1, -0.05) is 17.7 Å². The molecule has 0 saturated carbocycles. The first-order valence-electron chi connectivity index (χ1n) is 10.7. The van der Waals surface area contributed by atoms with Crippen LogP contribution in [0.15, 0.2) is 36.8 Å². The van der Waals surface area contributed by atoms with Gasteiger partial charge in [-0.2, -0.15) is 0 Å². The topological polar surface area (TPSA) is 67.6 Å². The molecule has 6 rings (SSSR count). The average molecular weight is 460 g/mol. The lowest BCUT2D eigenvalue weighted by molar-refractivity contribution is -0.214. The molecule has 2 saturated heterocycles. The molecule has 1 aromatic carbocycles. The quantitative estimate of drug-likeness (QED) is 0.558. The highest BCUT2D eigenvalue weighted by Crippen LogP contribution is 2.50. The smallest absolute Gasteiger partial charge is 0.164 e. The van der Waals surface area contributed by atoms with Crippen LogP contribution in [0.4, 0.5) is 4.39 Å². The number of alkyl halides is 1. The van der Waals surface area contributed by atoms with E-state index < -0.39 is 36.5 Å². The molecule has 0 spiro atoms. The summed E-state index contributed by atoms with van der Waals surface area (Å²) in [6, 6.07) is 7.19. The second-order valence-electron chi connectivity index (χ2n) is 8.97. The van der Waals surface area contributed by atoms with Gasteiger partial charge < -0.3 is 23.5 Å². The molecule has 3 aliphatic rings. The Morgan fingerprint density at radius 2 is 1.91 bits per heavy atom.